The molecule has 7 heteroatoms. The third-order valence-corrected chi connectivity index (χ3v) is 5.66. The predicted molar refractivity (Wildman–Crippen MR) is 117 cm³/mol. The molecule has 1 aliphatic rings. The molecule has 0 spiro atoms. The van der Waals surface area contributed by atoms with Crippen molar-refractivity contribution in [1.82, 2.24) is 15.2 Å². The molecule has 1 aromatic heterocycles. The zero-order valence-corrected chi connectivity index (χ0v) is 18.2. The smallest absolute Gasteiger partial charge is 0.252 e. The fourth-order valence-corrected chi connectivity index (χ4v) is 3.82. The van der Waals surface area contributed by atoms with Crippen molar-refractivity contribution in [3.05, 3.63) is 58.4 Å². The van der Waals surface area contributed by atoms with Gasteiger partial charge in [-0.2, -0.15) is 0 Å². The van der Waals surface area contributed by atoms with E-state index in [1.165, 1.54) is 6.20 Å². The first kappa shape index (κ1) is 22.1. The molecule has 160 valence electrons. The third kappa shape index (κ3) is 5.95. The highest BCUT2D eigenvalue weighted by Crippen LogP contribution is 2.20. The van der Waals surface area contributed by atoms with Gasteiger partial charge in [-0.1, -0.05) is 23.7 Å². The summed E-state index contributed by atoms with van der Waals surface area (Å²) < 4.78 is 5.82. The first-order valence-electron chi connectivity index (χ1n) is 10.3. The van der Waals surface area contributed by atoms with Crippen molar-refractivity contribution in [2.45, 2.75) is 33.1 Å². The number of carbonyl (C=O) groups excluding carboxylic acids is 2. The van der Waals surface area contributed by atoms with Crippen LogP contribution < -0.4 is 10.1 Å². The first-order chi connectivity index (χ1) is 14.4. The van der Waals surface area contributed by atoms with Crippen molar-refractivity contribution in [2.24, 2.45) is 5.92 Å². The number of ether oxygens (including phenoxy) is 1. The molecular formula is C23H28ClN3O3. The van der Waals surface area contributed by atoms with Crippen LogP contribution in [0.5, 0.6) is 5.75 Å². The van der Waals surface area contributed by atoms with Crippen LogP contribution in [-0.2, 0) is 4.79 Å². The quantitative estimate of drug-likeness (QED) is 0.726. The van der Waals surface area contributed by atoms with E-state index in [0.29, 0.717) is 36.7 Å². The lowest BCUT2D eigenvalue weighted by molar-refractivity contribution is -0.133. The molecule has 1 fully saturated rings. The van der Waals surface area contributed by atoms with Crippen LogP contribution in [0.15, 0.2) is 36.7 Å². The van der Waals surface area contributed by atoms with Crippen LogP contribution in [0.25, 0.3) is 0 Å². The molecule has 2 aromatic rings. The molecular weight excluding hydrogens is 402 g/mol. The molecule has 1 aliphatic heterocycles. The zero-order chi connectivity index (χ0) is 21.5. The van der Waals surface area contributed by atoms with Gasteiger partial charge in [-0.05, 0) is 55.9 Å². The largest absolute Gasteiger partial charge is 0.493 e. The minimum atomic E-state index is -0.215. The second kappa shape index (κ2) is 10.4. The normalized spacial score (nSPS) is 16.2. The monoisotopic (exact) mass is 429 g/mol. The third-order valence-electron chi connectivity index (χ3n) is 5.36. The Kier molecular flexibility index (Phi) is 7.69. The van der Waals surface area contributed by atoms with Crippen LogP contribution >= 0.6 is 11.6 Å². The fourth-order valence-electron chi connectivity index (χ4n) is 3.62. The first-order valence-corrected chi connectivity index (χ1v) is 10.7. The number of halogens is 1. The SMILES string of the molecule is Cc1ccc(C)c(OCCC(=O)N2CCCC(CNC(=O)c3ccncc3Cl)C2)c1. The average molecular weight is 430 g/mol. The van der Waals surface area contributed by atoms with Crippen LogP contribution in [-0.4, -0.2) is 47.9 Å². The number of hydrogen-bond donors (Lipinski definition) is 1. The lowest BCUT2D eigenvalue weighted by Gasteiger charge is -2.33. The van der Waals surface area contributed by atoms with Gasteiger partial charge in [-0.3, -0.25) is 14.6 Å². The lowest BCUT2D eigenvalue weighted by atomic mass is 9.97. The maximum absolute atomic E-state index is 12.6. The predicted octanol–water partition coefficient (Wildman–Crippen LogP) is 3.79. The minimum Gasteiger partial charge on any atom is -0.493 e. The van der Waals surface area contributed by atoms with Crippen LogP contribution in [0.2, 0.25) is 5.02 Å². The van der Waals surface area contributed by atoms with Crippen LogP contribution in [0.3, 0.4) is 0 Å². The van der Waals surface area contributed by atoms with Crippen LogP contribution in [0.4, 0.5) is 0 Å². The molecule has 6 nitrogen and oxygen atoms in total. The zero-order valence-electron chi connectivity index (χ0n) is 17.5. The Balaban J connectivity index is 1.44. The van der Waals surface area contributed by atoms with Crippen LogP contribution in [0, 0.1) is 19.8 Å². The topological polar surface area (TPSA) is 71.5 Å². The van der Waals surface area contributed by atoms with E-state index < -0.39 is 0 Å². The van der Waals surface area contributed by atoms with Crippen molar-refractivity contribution in [3.8, 4) is 5.75 Å². The molecule has 2 amide bonds. The maximum atomic E-state index is 12.6. The van der Waals surface area contributed by atoms with E-state index in [1.807, 2.05) is 36.9 Å². The van der Waals surface area contributed by atoms with Gasteiger partial charge in [0.1, 0.15) is 5.75 Å². The summed E-state index contributed by atoms with van der Waals surface area (Å²) in [6.45, 7) is 6.30. The summed E-state index contributed by atoms with van der Waals surface area (Å²) in [6.07, 6.45) is 5.26. The van der Waals surface area contributed by atoms with Crippen molar-refractivity contribution in [1.29, 1.82) is 0 Å². The van der Waals surface area contributed by atoms with Crippen molar-refractivity contribution in [3.63, 3.8) is 0 Å². The summed E-state index contributed by atoms with van der Waals surface area (Å²) in [7, 11) is 0. The van der Waals surface area contributed by atoms with E-state index in [4.69, 9.17) is 16.3 Å². The number of rotatable bonds is 7. The number of aryl methyl sites for hydroxylation is 2. The molecule has 2 heterocycles. The number of benzene rings is 1. The number of nitrogens with one attached hydrogen (secondary N) is 1. The Morgan fingerprint density at radius 1 is 1.30 bits per heavy atom. The number of aromatic nitrogens is 1. The molecule has 0 saturated carbocycles. The Hall–Kier alpha value is -2.60. The second-order valence-electron chi connectivity index (χ2n) is 7.78. The Morgan fingerprint density at radius 2 is 2.13 bits per heavy atom. The van der Waals surface area contributed by atoms with Gasteiger partial charge in [0.15, 0.2) is 0 Å². The molecule has 0 aliphatic carbocycles. The molecule has 1 N–H and O–H groups in total. The molecule has 1 saturated heterocycles. The standard InChI is InChI=1S/C23H28ClN3O3/c1-16-5-6-17(2)21(12-16)30-11-8-22(28)27-10-3-4-18(15-27)13-26-23(29)19-7-9-25-14-20(19)24/h5-7,9,12,14,18H,3-4,8,10-11,13,15H2,1-2H3,(H,26,29). The van der Waals surface area contributed by atoms with Gasteiger partial charge in [0.2, 0.25) is 5.91 Å². The summed E-state index contributed by atoms with van der Waals surface area (Å²) >= 11 is 6.03. The molecule has 1 atom stereocenters. The highest BCUT2D eigenvalue weighted by Gasteiger charge is 2.24. The lowest BCUT2D eigenvalue weighted by Crippen LogP contribution is -2.44. The van der Waals surface area contributed by atoms with Gasteiger partial charge in [0.05, 0.1) is 23.6 Å². The number of carbonyl (C=O) groups is 2. The van der Waals surface area contributed by atoms with E-state index in [2.05, 4.69) is 10.3 Å². The van der Waals surface area contributed by atoms with Crippen LogP contribution in [0.1, 0.15) is 40.7 Å². The minimum absolute atomic E-state index is 0.0912. The Bertz CT molecular complexity index is 903. The second-order valence-corrected chi connectivity index (χ2v) is 8.19. The van der Waals surface area contributed by atoms with Gasteiger partial charge < -0.3 is 15.0 Å². The number of amides is 2. The summed E-state index contributed by atoms with van der Waals surface area (Å²) in [5.74, 6) is 0.935. The molecule has 30 heavy (non-hydrogen) atoms. The highest BCUT2D eigenvalue weighted by atomic mass is 35.5. The number of likely N-dealkylation sites (tertiary alicyclic amines) is 1. The number of nitrogens with zero attached hydrogens (tertiary/aromatic N) is 2. The number of pyridine rings is 1. The van der Waals surface area contributed by atoms with Gasteiger partial charge in [-0.15, -0.1) is 0 Å². The maximum Gasteiger partial charge on any atom is 0.252 e. The molecule has 1 aromatic carbocycles. The highest BCUT2D eigenvalue weighted by molar-refractivity contribution is 6.33. The Labute approximate surface area is 182 Å². The number of hydrogen-bond acceptors (Lipinski definition) is 4. The molecule has 0 radical (unpaired) electrons. The Morgan fingerprint density at radius 3 is 2.93 bits per heavy atom. The summed E-state index contributed by atoms with van der Waals surface area (Å²) in [6, 6.07) is 7.66. The van der Waals surface area contributed by atoms with E-state index >= 15 is 0 Å². The van der Waals surface area contributed by atoms with Gasteiger partial charge in [0, 0.05) is 32.0 Å². The van der Waals surface area contributed by atoms with Gasteiger partial charge in [0.25, 0.3) is 5.91 Å². The van der Waals surface area contributed by atoms with E-state index in [-0.39, 0.29) is 17.7 Å². The van der Waals surface area contributed by atoms with E-state index in [1.54, 1.807) is 12.3 Å². The fraction of sp³-hybridized carbons (Fsp3) is 0.435. The van der Waals surface area contributed by atoms with Gasteiger partial charge >= 0.3 is 0 Å². The number of piperidine rings is 1. The molecule has 1 unspecified atom stereocenters. The van der Waals surface area contributed by atoms with E-state index in [9.17, 15) is 9.59 Å². The van der Waals surface area contributed by atoms with E-state index in [0.717, 1.165) is 36.3 Å². The van der Waals surface area contributed by atoms with Crippen molar-refractivity contribution >= 4 is 23.4 Å². The van der Waals surface area contributed by atoms with Crippen molar-refractivity contribution < 1.29 is 14.3 Å². The molecule has 3 rings (SSSR count). The summed E-state index contributed by atoms with van der Waals surface area (Å²) in [5.41, 5.74) is 2.62. The van der Waals surface area contributed by atoms with Crippen molar-refractivity contribution in [2.75, 3.05) is 26.2 Å². The molecule has 0 bridgehead atoms. The summed E-state index contributed by atoms with van der Waals surface area (Å²) in [4.78, 5) is 30.7. The average Bonchev–Trinajstić information content (AvgIpc) is 2.75. The van der Waals surface area contributed by atoms with Gasteiger partial charge in [-0.25, -0.2) is 0 Å². The summed E-state index contributed by atoms with van der Waals surface area (Å²) in [5, 5.41) is 3.26.